The first-order chi connectivity index (χ1) is 10.1. The van der Waals surface area contributed by atoms with E-state index in [1.54, 1.807) is 12.1 Å². The molecule has 110 valence electrons. The summed E-state index contributed by atoms with van der Waals surface area (Å²) in [4.78, 5) is 41.1. The van der Waals surface area contributed by atoms with Gasteiger partial charge in [0.05, 0.1) is 30.8 Å². The summed E-state index contributed by atoms with van der Waals surface area (Å²) >= 11 is 0. The van der Waals surface area contributed by atoms with Gasteiger partial charge >= 0.3 is 5.97 Å². The molecule has 2 heterocycles. The van der Waals surface area contributed by atoms with Gasteiger partial charge in [-0.3, -0.25) is 9.59 Å². The van der Waals surface area contributed by atoms with Crippen LogP contribution in [0, 0.1) is 5.41 Å². The van der Waals surface area contributed by atoms with Gasteiger partial charge in [0.2, 0.25) is 0 Å². The van der Waals surface area contributed by atoms with Gasteiger partial charge in [-0.1, -0.05) is 24.1 Å². The molecule has 2 amide bonds. The zero-order valence-corrected chi connectivity index (χ0v) is 11.6. The Labute approximate surface area is 121 Å². The Morgan fingerprint density at radius 1 is 1.24 bits per heavy atom. The third-order valence-electron chi connectivity index (χ3n) is 4.04. The predicted molar refractivity (Wildman–Crippen MR) is 71.2 cm³/mol. The van der Waals surface area contributed by atoms with Crippen LogP contribution in [-0.4, -0.2) is 36.1 Å². The van der Waals surface area contributed by atoms with Crippen LogP contribution in [0.1, 0.15) is 40.5 Å². The molecule has 0 N–H and O–H groups in total. The highest BCUT2D eigenvalue weighted by molar-refractivity contribution is 6.20. The summed E-state index contributed by atoms with van der Waals surface area (Å²) in [5.74, 6) is -1.78. The molecule has 1 aromatic rings. The van der Waals surface area contributed by atoms with Crippen LogP contribution >= 0.6 is 0 Å². The van der Waals surface area contributed by atoms with E-state index < -0.39 is 17.8 Å². The molecule has 1 saturated heterocycles. The smallest absolute Gasteiger partial charge is 0.333 e. The van der Waals surface area contributed by atoms with Gasteiger partial charge in [-0.2, -0.15) is 0 Å². The van der Waals surface area contributed by atoms with Crippen LogP contribution in [0.15, 0.2) is 24.3 Å². The highest BCUT2D eigenvalue weighted by Gasteiger charge is 2.43. The van der Waals surface area contributed by atoms with Gasteiger partial charge in [-0.15, -0.1) is 0 Å². The summed E-state index contributed by atoms with van der Waals surface area (Å²) in [7, 11) is 0. The molecule has 2 aliphatic heterocycles. The van der Waals surface area contributed by atoms with Crippen molar-refractivity contribution in [3.05, 3.63) is 35.4 Å². The first kappa shape index (κ1) is 13.8. The Kier molecular flexibility index (Phi) is 3.25. The van der Waals surface area contributed by atoms with Crippen molar-refractivity contribution in [2.24, 2.45) is 5.41 Å². The van der Waals surface area contributed by atoms with Crippen molar-refractivity contribution in [3.8, 4) is 0 Å². The quantitative estimate of drug-likeness (QED) is 0.786. The molecule has 2 aliphatic rings. The molecule has 0 bridgehead atoms. The summed E-state index contributed by atoms with van der Waals surface area (Å²) in [6, 6.07) is 6.40. The van der Waals surface area contributed by atoms with Crippen LogP contribution in [0.25, 0.3) is 0 Å². The van der Waals surface area contributed by atoms with E-state index in [0.717, 1.165) is 6.42 Å². The second-order valence-corrected chi connectivity index (χ2v) is 5.44. The Balaban J connectivity index is 1.70. The van der Waals surface area contributed by atoms with E-state index in [4.69, 9.17) is 9.57 Å². The van der Waals surface area contributed by atoms with Crippen LogP contribution in [-0.2, 0) is 14.4 Å². The van der Waals surface area contributed by atoms with Crippen molar-refractivity contribution in [1.29, 1.82) is 0 Å². The molecular formula is C15H15NO5. The number of hydroxylamine groups is 2. The highest BCUT2D eigenvalue weighted by atomic mass is 16.7. The standard InChI is InChI=1S/C15H15NO5/c1-2-15(8-20-9-15)7-12(17)21-16-13(18)10-5-3-4-6-11(10)14(16)19/h3-6H,2,7-9H2,1H3. The van der Waals surface area contributed by atoms with Crippen molar-refractivity contribution in [3.63, 3.8) is 0 Å². The number of ether oxygens (including phenoxy) is 1. The average molecular weight is 289 g/mol. The van der Waals surface area contributed by atoms with Gasteiger partial charge < -0.3 is 9.57 Å². The number of benzene rings is 1. The van der Waals surface area contributed by atoms with Crippen LogP contribution in [0.5, 0.6) is 0 Å². The lowest BCUT2D eigenvalue weighted by atomic mass is 9.80. The summed E-state index contributed by atoms with van der Waals surface area (Å²) in [6.07, 6.45) is 0.918. The average Bonchev–Trinajstić information content (AvgIpc) is 2.69. The number of amides is 2. The maximum atomic E-state index is 12.1. The van der Waals surface area contributed by atoms with E-state index in [9.17, 15) is 14.4 Å². The van der Waals surface area contributed by atoms with E-state index in [1.165, 1.54) is 12.1 Å². The van der Waals surface area contributed by atoms with E-state index in [1.807, 2.05) is 6.92 Å². The molecule has 0 spiro atoms. The van der Waals surface area contributed by atoms with Gasteiger partial charge in [-0.25, -0.2) is 4.79 Å². The molecule has 1 aromatic carbocycles. The second-order valence-electron chi connectivity index (χ2n) is 5.44. The lowest BCUT2D eigenvalue weighted by molar-refractivity contribution is -0.183. The number of rotatable bonds is 4. The third-order valence-corrected chi connectivity index (χ3v) is 4.04. The molecule has 3 rings (SSSR count). The third kappa shape index (κ3) is 2.21. The molecule has 0 unspecified atom stereocenters. The van der Waals surface area contributed by atoms with Crippen molar-refractivity contribution in [2.45, 2.75) is 19.8 Å². The zero-order chi connectivity index (χ0) is 15.0. The molecule has 0 atom stereocenters. The number of nitrogens with zero attached hydrogens (tertiary/aromatic N) is 1. The summed E-state index contributed by atoms with van der Waals surface area (Å²) in [5, 5.41) is 0.551. The van der Waals surface area contributed by atoms with Gasteiger partial charge in [-0.05, 0) is 18.6 Å². The van der Waals surface area contributed by atoms with Crippen LogP contribution in [0.4, 0.5) is 0 Å². The predicted octanol–water partition coefficient (Wildman–Crippen LogP) is 1.56. The van der Waals surface area contributed by atoms with Gasteiger partial charge in [0.15, 0.2) is 0 Å². The monoisotopic (exact) mass is 289 g/mol. The summed E-state index contributed by atoms with van der Waals surface area (Å²) in [5.41, 5.74) is 0.287. The lowest BCUT2D eigenvalue weighted by Gasteiger charge is -2.39. The first-order valence-corrected chi connectivity index (χ1v) is 6.83. The highest BCUT2D eigenvalue weighted by Crippen LogP contribution is 2.35. The topological polar surface area (TPSA) is 72.9 Å². The van der Waals surface area contributed by atoms with E-state index in [-0.39, 0.29) is 23.0 Å². The van der Waals surface area contributed by atoms with Crippen molar-refractivity contribution in [1.82, 2.24) is 5.06 Å². The molecule has 1 fully saturated rings. The van der Waals surface area contributed by atoms with Crippen LogP contribution in [0.2, 0.25) is 0 Å². The molecule has 0 saturated carbocycles. The Bertz CT molecular complexity index is 580. The minimum absolute atomic E-state index is 0.136. The van der Waals surface area contributed by atoms with Crippen molar-refractivity contribution in [2.75, 3.05) is 13.2 Å². The maximum Gasteiger partial charge on any atom is 0.333 e. The van der Waals surface area contributed by atoms with Gasteiger partial charge in [0.1, 0.15) is 0 Å². The lowest BCUT2D eigenvalue weighted by Crippen LogP contribution is -2.45. The molecular weight excluding hydrogens is 274 g/mol. The van der Waals surface area contributed by atoms with Gasteiger partial charge in [0, 0.05) is 5.41 Å². The van der Waals surface area contributed by atoms with Gasteiger partial charge in [0.25, 0.3) is 11.8 Å². The second kappa shape index (κ2) is 4.96. The Morgan fingerprint density at radius 2 is 1.81 bits per heavy atom. The van der Waals surface area contributed by atoms with E-state index in [0.29, 0.717) is 18.3 Å². The molecule has 0 aliphatic carbocycles. The fraction of sp³-hybridized carbons (Fsp3) is 0.400. The SMILES string of the molecule is CCC1(CC(=O)ON2C(=O)c3ccccc3C2=O)COC1. The summed E-state index contributed by atoms with van der Waals surface area (Å²) in [6.45, 7) is 2.97. The normalized spacial score (nSPS) is 19.2. The van der Waals surface area contributed by atoms with E-state index >= 15 is 0 Å². The molecule has 6 heteroatoms. The number of fused-ring (bicyclic) bond motifs is 1. The molecule has 6 nitrogen and oxygen atoms in total. The maximum absolute atomic E-state index is 12.1. The minimum Gasteiger partial charge on any atom is -0.380 e. The Morgan fingerprint density at radius 3 is 2.24 bits per heavy atom. The van der Waals surface area contributed by atoms with E-state index in [2.05, 4.69) is 0 Å². The zero-order valence-electron chi connectivity index (χ0n) is 11.6. The minimum atomic E-state index is -0.598. The van der Waals surface area contributed by atoms with Crippen molar-refractivity contribution >= 4 is 17.8 Å². The summed E-state index contributed by atoms with van der Waals surface area (Å²) < 4.78 is 5.14. The van der Waals surface area contributed by atoms with Crippen LogP contribution in [0.3, 0.4) is 0 Å². The molecule has 21 heavy (non-hydrogen) atoms. The number of carbonyl (C=O) groups is 3. The first-order valence-electron chi connectivity index (χ1n) is 6.83. The van der Waals surface area contributed by atoms with Crippen molar-refractivity contribution < 1.29 is 24.0 Å². The fourth-order valence-corrected chi connectivity index (χ4v) is 2.51. The fourth-order valence-electron chi connectivity index (χ4n) is 2.51. The largest absolute Gasteiger partial charge is 0.380 e. The number of hydrogen-bond acceptors (Lipinski definition) is 5. The number of imide groups is 1. The number of carbonyl (C=O) groups excluding carboxylic acids is 3. The van der Waals surface area contributed by atoms with Crippen LogP contribution < -0.4 is 0 Å². The molecule has 0 radical (unpaired) electrons. The Hall–Kier alpha value is -2.21. The number of hydrogen-bond donors (Lipinski definition) is 0. The molecule has 0 aromatic heterocycles.